The van der Waals surface area contributed by atoms with E-state index in [1.807, 2.05) is 0 Å². The van der Waals surface area contributed by atoms with Gasteiger partial charge in [-0.15, -0.1) is 0 Å². The largest absolute Gasteiger partial charge is 0.755 e. The molecule has 1 aromatic rings. The second kappa shape index (κ2) is 7.96. The van der Waals surface area contributed by atoms with Gasteiger partial charge in [0.15, 0.2) is 0 Å². The van der Waals surface area contributed by atoms with Gasteiger partial charge in [-0.2, -0.15) is 0 Å². The monoisotopic (exact) mass is 542 g/mol. The molecular formula is C22H26BrClN3O4S-. The predicted octanol–water partition coefficient (Wildman–Crippen LogP) is 3.42. The molecule has 4 bridgehead atoms. The number of benzene rings is 1. The standard InChI is InChI=1S/C22H27BrClN3O4S/c23-15-2-3-17(16(24)8-15)27(32(30)31)22(4-1-5-22)20(29)26-18-13-6-12-7-14(18)11-21(9-12,10-13)19(25)28/h2-3,8,12-14,18H,1,4-7,9-11H2,(H2,25,28)(H,26,29)(H,30,31)/p-1. The summed E-state index contributed by atoms with van der Waals surface area (Å²) in [5.41, 5.74) is 4.47. The minimum atomic E-state index is -2.67. The first-order chi connectivity index (χ1) is 15.1. The fourth-order valence-electron chi connectivity index (χ4n) is 6.98. The van der Waals surface area contributed by atoms with Gasteiger partial charge in [-0.1, -0.05) is 27.5 Å². The van der Waals surface area contributed by atoms with E-state index >= 15 is 0 Å². The Morgan fingerprint density at radius 1 is 1.22 bits per heavy atom. The number of hydrogen-bond acceptors (Lipinski definition) is 4. The molecule has 6 rings (SSSR count). The van der Waals surface area contributed by atoms with Gasteiger partial charge >= 0.3 is 0 Å². The van der Waals surface area contributed by atoms with Crippen LogP contribution in [0.15, 0.2) is 22.7 Å². The lowest BCUT2D eigenvalue weighted by atomic mass is 9.47. The van der Waals surface area contributed by atoms with E-state index < -0.39 is 22.2 Å². The molecule has 5 aliphatic rings. The van der Waals surface area contributed by atoms with Crippen molar-refractivity contribution in [3.05, 3.63) is 27.7 Å². The van der Waals surface area contributed by atoms with Crippen LogP contribution in [-0.4, -0.2) is 32.2 Å². The van der Waals surface area contributed by atoms with Crippen LogP contribution in [0.3, 0.4) is 0 Å². The molecule has 0 aromatic heterocycles. The van der Waals surface area contributed by atoms with E-state index in [0.29, 0.717) is 37.3 Å². The van der Waals surface area contributed by atoms with Gasteiger partial charge in [0.25, 0.3) is 0 Å². The first-order valence-electron chi connectivity index (χ1n) is 11.1. The molecule has 0 saturated heterocycles. The Morgan fingerprint density at radius 3 is 2.38 bits per heavy atom. The molecule has 5 saturated carbocycles. The quantitative estimate of drug-likeness (QED) is 0.535. The van der Waals surface area contributed by atoms with Crippen LogP contribution in [0.1, 0.15) is 51.4 Å². The maximum Gasteiger partial charge on any atom is 0.247 e. The fourth-order valence-corrected chi connectivity index (χ4v) is 8.66. The molecule has 7 nitrogen and oxygen atoms in total. The highest BCUT2D eigenvalue weighted by Gasteiger charge is 2.59. The molecule has 3 N–H and O–H groups in total. The summed E-state index contributed by atoms with van der Waals surface area (Å²) in [4.78, 5) is 25.9. The number of rotatable bonds is 6. The molecule has 5 fully saturated rings. The highest BCUT2D eigenvalue weighted by atomic mass is 79.9. The Hall–Kier alpha value is -1.16. The maximum atomic E-state index is 13.7. The highest BCUT2D eigenvalue weighted by molar-refractivity contribution is 9.10. The zero-order valence-corrected chi connectivity index (χ0v) is 20.7. The van der Waals surface area contributed by atoms with Crippen molar-refractivity contribution in [3.8, 4) is 0 Å². The summed E-state index contributed by atoms with van der Waals surface area (Å²) in [7, 11) is 0. The van der Waals surface area contributed by atoms with Gasteiger partial charge in [0.1, 0.15) is 5.54 Å². The van der Waals surface area contributed by atoms with Gasteiger partial charge < -0.3 is 15.6 Å². The SMILES string of the molecule is NC(=O)C12CC3CC(C1)C(NC(=O)C1(N(c4ccc(Br)cc4Cl)S(=O)[O-])CCC1)C(C3)C2. The topological polar surface area (TPSA) is 116 Å². The predicted molar refractivity (Wildman–Crippen MR) is 124 cm³/mol. The molecule has 0 heterocycles. The van der Waals surface area contributed by atoms with Gasteiger partial charge in [-0.25, -0.2) is 0 Å². The molecule has 3 unspecified atom stereocenters. The van der Waals surface area contributed by atoms with Crippen molar-refractivity contribution in [1.29, 1.82) is 0 Å². The van der Waals surface area contributed by atoms with Crippen molar-refractivity contribution >= 4 is 56.3 Å². The first-order valence-corrected chi connectivity index (χ1v) is 13.3. The number of nitrogens with two attached hydrogens (primary N) is 1. The number of primary amides is 1. The normalized spacial score (nSPS) is 35.1. The third-order valence-corrected chi connectivity index (χ3v) is 10.0. The number of carbonyl (C=O) groups excluding carboxylic acids is 2. The van der Waals surface area contributed by atoms with E-state index in [4.69, 9.17) is 17.3 Å². The number of anilines is 1. The number of amides is 2. The van der Waals surface area contributed by atoms with Gasteiger partial charge in [0, 0.05) is 27.2 Å². The van der Waals surface area contributed by atoms with Crippen LogP contribution >= 0.6 is 27.5 Å². The van der Waals surface area contributed by atoms with E-state index in [1.165, 1.54) is 0 Å². The molecule has 5 aliphatic carbocycles. The number of hydrogen-bond donors (Lipinski definition) is 2. The molecule has 1 aromatic carbocycles. The second-order valence-electron chi connectivity index (χ2n) is 10.1. The van der Waals surface area contributed by atoms with Crippen LogP contribution in [0.5, 0.6) is 0 Å². The van der Waals surface area contributed by atoms with Gasteiger partial charge in [0.05, 0.1) is 10.7 Å². The summed E-state index contributed by atoms with van der Waals surface area (Å²) in [6, 6.07) is 4.91. The minimum Gasteiger partial charge on any atom is -0.755 e. The van der Waals surface area contributed by atoms with E-state index in [1.54, 1.807) is 18.2 Å². The molecule has 0 radical (unpaired) electrons. The fraction of sp³-hybridized carbons (Fsp3) is 0.636. The van der Waals surface area contributed by atoms with Crippen molar-refractivity contribution in [1.82, 2.24) is 5.32 Å². The lowest BCUT2D eigenvalue weighted by molar-refractivity contribution is -0.148. The van der Waals surface area contributed by atoms with Crippen molar-refractivity contribution in [2.45, 2.75) is 62.9 Å². The highest BCUT2D eigenvalue weighted by Crippen LogP contribution is 2.60. The Kier molecular flexibility index (Phi) is 5.63. The van der Waals surface area contributed by atoms with Crippen molar-refractivity contribution in [2.24, 2.45) is 28.9 Å². The van der Waals surface area contributed by atoms with Crippen LogP contribution in [0.2, 0.25) is 5.02 Å². The smallest absolute Gasteiger partial charge is 0.247 e. The third kappa shape index (κ3) is 3.42. The van der Waals surface area contributed by atoms with E-state index in [2.05, 4.69) is 21.2 Å². The number of carbonyl (C=O) groups is 2. The van der Waals surface area contributed by atoms with Crippen LogP contribution in [0.4, 0.5) is 5.69 Å². The Bertz CT molecular complexity index is 987. The molecule has 3 atom stereocenters. The maximum absolute atomic E-state index is 13.7. The van der Waals surface area contributed by atoms with E-state index in [9.17, 15) is 18.4 Å². The van der Waals surface area contributed by atoms with Crippen LogP contribution in [0.25, 0.3) is 0 Å². The molecular weight excluding hydrogens is 518 g/mol. The number of halogens is 2. The Labute approximate surface area is 203 Å². The third-order valence-electron chi connectivity index (χ3n) is 8.36. The van der Waals surface area contributed by atoms with Crippen LogP contribution in [0, 0.1) is 23.2 Å². The zero-order chi connectivity index (χ0) is 22.8. The zero-order valence-electron chi connectivity index (χ0n) is 17.5. The Morgan fingerprint density at radius 2 is 1.88 bits per heavy atom. The molecule has 10 heteroatoms. The minimum absolute atomic E-state index is 0.0497. The lowest BCUT2D eigenvalue weighted by Gasteiger charge is -2.59. The summed E-state index contributed by atoms with van der Waals surface area (Å²) in [5.74, 6) is 0.417. The molecule has 0 aliphatic heterocycles. The van der Waals surface area contributed by atoms with Gasteiger partial charge in [-0.05, 0) is 87.3 Å². The summed E-state index contributed by atoms with van der Waals surface area (Å²) in [5, 5.41) is 3.50. The molecule has 2 amide bonds. The summed E-state index contributed by atoms with van der Waals surface area (Å²) in [6.45, 7) is 0. The lowest BCUT2D eigenvalue weighted by Crippen LogP contribution is -2.68. The van der Waals surface area contributed by atoms with Gasteiger partial charge in [0.2, 0.25) is 11.8 Å². The average molecular weight is 544 g/mol. The van der Waals surface area contributed by atoms with Crippen LogP contribution < -0.4 is 15.4 Å². The van der Waals surface area contributed by atoms with Crippen molar-refractivity contribution in [3.63, 3.8) is 0 Å². The summed E-state index contributed by atoms with van der Waals surface area (Å²) >= 11 is 7.04. The van der Waals surface area contributed by atoms with Crippen LogP contribution in [-0.2, 0) is 20.9 Å². The summed E-state index contributed by atoms with van der Waals surface area (Å²) in [6.07, 6.45) is 5.90. The molecule has 174 valence electrons. The van der Waals surface area contributed by atoms with Crippen molar-refractivity contribution < 1.29 is 18.4 Å². The second-order valence-corrected chi connectivity index (χ2v) is 12.2. The summed E-state index contributed by atoms with van der Waals surface area (Å²) < 4.78 is 26.6. The van der Waals surface area contributed by atoms with E-state index in [-0.39, 0.29) is 34.7 Å². The molecule has 0 spiro atoms. The average Bonchev–Trinajstić information content (AvgIpc) is 2.67. The van der Waals surface area contributed by atoms with Gasteiger partial charge in [-0.3, -0.25) is 18.1 Å². The number of nitrogens with zero attached hydrogens (tertiary/aromatic N) is 1. The number of nitrogens with one attached hydrogen (secondary N) is 1. The van der Waals surface area contributed by atoms with Crippen molar-refractivity contribution in [2.75, 3.05) is 4.31 Å². The Balaban J connectivity index is 1.42. The van der Waals surface area contributed by atoms with E-state index in [0.717, 1.165) is 34.5 Å². The first kappa shape index (κ1) is 22.6. The molecule has 32 heavy (non-hydrogen) atoms.